The molecule has 0 amide bonds. The predicted octanol–water partition coefficient (Wildman–Crippen LogP) is 7.29. The molecule has 3 unspecified atom stereocenters. The average Bonchev–Trinajstić information content (AvgIpc) is 2.49. The second-order valence-corrected chi connectivity index (χ2v) is 20.5. The van der Waals surface area contributed by atoms with Crippen molar-refractivity contribution in [2.24, 2.45) is 0 Å². The lowest BCUT2D eigenvalue weighted by Crippen LogP contribution is -2.34. The molecule has 25 heteroatoms. The minimum Gasteiger partial charge on any atom is -0.726 e. The Morgan fingerprint density at radius 3 is 0.989 bits per heavy atom. The third-order valence-electron chi connectivity index (χ3n) is 12.0. The number of hydrogen-bond donors (Lipinski definition) is 1. The molecule has 3 aromatic rings. The molecule has 90 heavy (non-hydrogen) atoms. The number of rotatable bonds is 64. The van der Waals surface area contributed by atoms with Crippen molar-refractivity contribution < 1.29 is 107 Å². The van der Waals surface area contributed by atoms with Gasteiger partial charge < -0.3 is 101 Å². The van der Waals surface area contributed by atoms with Gasteiger partial charge in [0.1, 0.15) is 24.6 Å². The molecule has 0 aliphatic rings. The van der Waals surface area contributed by atoms with Crippen LogP contribution in [0.5, 0.6) is 5.75 Å². The molecule has 0 aromatic heterocycles. The third-order valence-corrected chi connectivity index (χ3v) is 12.5. The van der Waals surface area contributed by atoms with Gasteiger partial charge in [-0.3, -0.25) is 4.18 Å². The number of ether oxygens (including phenoxy) is 19. The van der Waals surface area contributed by atoms with Crippen molar-refractivity contribution in [1.82, 2.24) is 6.15 Å². The van der Waals surface area contributed by atoms with Crippen molar-refractivity contribution in [3.63, 3.8) is 0 Å². The van der Waals surface area contributed by atoms with E-state index in [4.69, 9.17) is 90.0 Å². The largest absolute Gasteiger partial charge is 0.726 e. The molecule has 0 aliphatic heterocycles. The van der Waals surface area contributed by atoms with Crippen LogP contribution in [0, 0.1) is 0 Å². The van der Waals surface area contributed by atoms with Crippen LogP contribution < -0.4 is 10.9 Å². The lowest BCUT2D eigenvalue weighted by molar-refractivity contribution is -0.104. The Morgan fingerprint density at radius 1 is 0.367 bits per heavy atom. The Kier molecular flexibility index (Phi) is 58.4. The lowest BCUT2D eigenvalue weighted by Gasteiger charge is -2.24. The molecule has 0 fully saturated rings. The van der Waals surface area contributed by atoms with Gasteiger partial charge in [0.05, 0.1) is 231 Å². The number of hydrogen-bond acceptors (Lipinski definition) is 23. The molecule has 0 heterocycles. The van der Waals surface area contributed by atoms with E-state index in [1.165, 1.54) is 11.1 Å². The number of quaternary nitrogens is 1. The molecule has 3 rings (SSSR count). The molecule has 0 spiro atoms. The number of para-hydroxylation sites is 1. The molecular formula is C65H109NO23S. The van der Waals surface area contributed by atoms with E-state index in [-0.39, 0.29) is 50.7 Å². The molecule has 0 bridgehead atoms. The van der Waals surface area contributed by atoms with Gasteiger partial charge in [-0.15, -0.1) is 13.2 Å². The van der Waals surface area contributed by atoms with Gasteiger partial charge in [0.2, 0.25) is 10.4 Å². The summed E-state index contributed by atoms with van der Waals surface area (Å²) in [5, 5.41) is 0. The molecule has 0 radical (unpaired) electrons. The highest BCUT2D eigenvalue weighted by Crippen LogP contribution is 2.31. The lowest BCUT2D eigenvalue weighted by atomic mass is 9.92. The van der Waals surface area contributed by atoms with Gasteiger partial charge >= 0.3 is 0 Å². The fourth-order valence-electron chi connectivity index (χ4n) is 7.44. The summed E-state index contributed by atoms with van der Waals surface area (Å²) in [7, 11) is -4.69. The Hall–Kier alpha value is -3.95. The van der Waals surface area contributed by atoms with Crippen molar-refractivity contribution in [2.75, 3.05) is 238 Å². The second kappa shape index (κ2) is 62.5. The van der Waals surface area contributed by atoms with E-state index >= 15 is 0 Å². The second-order valence-electron chi connectivity index (χ2n) is 19.5. The van der Waals surface area contributed by atoms with Crippen molar-refractivity contribution in [3.8, 4) is 5.75 Å². The monoisotopic (exact) mass is 1300 g/mol. The van der Waals surface area contributed by atoms with Gasteiger partial charge in [-0.05, 0) is 23.1 Å². The summed E-state index contributed by atoms with van der Waals surface area (Å²) < 4.78 is 142. The fourth-order valence-corrected chi connectivity index (χ4v) is 7.71. The normalized spacial score (nSPS) is 12.5. The van der Waals surface area contributed by atoms with E-state index in [0.29, 0.717) is 217 Å². The van der Waals surface area contributed by atoms with E-state index in [1.54, 1.807) is 12.2 Å². The molecule has 3 aromatic carbocycles. The first-order chi connectivity index (χ1) is 43.6. The van der Waals surface area contributed by atoms with Gasteiger partial charge in [0.15, 0.2) is 0 Å². The van der Waals surface area contributed by atoms with Crippen LogP contribution in [-0.4, -0.2) is 263 Å². The van der Waals surface area contributed by atoms with Crippen LogP contribution in [0.3, 0.4) is 0 Å². The van der Waals surface area contributed by atoms with E-state index in [1.807, 2.05) is 42.5 Å². The predicted molar refractivity (Wildman–Crippen MR) is 341 cm³/mol. The molecule has 3 atom stereocenters. The summed E-state index contributed by atoms with van der Waals surface area (Å²) in [6, 6.07) is 29.0. The topological polar surface area (TPSA) is 278 Å². The fraction of sp³-hybridized carbons (Fsp3) is 0.662. The van der Waals surface area contributed by atoms with Crippen LogP contribution in [0.1, 0.15) is 49.3 Å². The van der Waals surface area contributed by atoms with Crippen LogP contribution in [-0.2, 0) is 99.8 Å². The minimum absolute atomic E-state index is 0. The summed E-state index contributed by atoms with van der Waals surface area (Å²) in [4.78, 5) is 0. The highest BCUT2D eigenvalue weighted by molar-refractivity contribution is 7.80. The molecule has 0 aliphatic carbocycles. The summed E-state index contributed by atoms with van der Waals surface area (Å²) in [6.45, 7) is 27.8. The molecule has 4 N–H and O–H groups in total. The highest BCUT2D eigenvalue weighted by Gasteiger charge is 2.19. The third kappa shape index (κ3) is 52.5. The van der Waals surface area contributed by atoms with Crippen molar-refractivity contribution in [1.29, 1.82) is 0 Å². The van der Waals surface area contributed by atoms with Crippen molar-refractivity contribution >= 4 is 10.4 Å². The zero-order valence-corrected chi connectivity index (χ0v) is 55.0. The summed E-state index contributed by atoms with van der Waals surface area (Å²) in [5.41, 5.74) is 3.72. The van der Waals surface area contributed by atoms with Crippen LogP contribution >= 0.6 is 0 Å². The molecule has 0 saturated carbocycles. The molecule has 0 saturated heterocycles. The van der Waals surface area contributed by atoms with Crippen LogP contribution in [0.25, 0.3) is 0 Å². The maximum absolute atomic E-state index is 10.3. The Morgan fingerprint density at radius 2 is 0.667 bits per heavy atom. The average molecular weight is 1300 g/mol. The van der Waals surface area contributed by atoms with E-state index in [0.717, 1.165) is 11.3 Å². The maximum atomic E-state index is 10.3. The first kappa shape index (κ1) is 84.1. The highest BCUT2D eigenvalue weighted by atomic mass is 32.3. The van der Waals surface area contributed by atoms with Gasteiger partial charge in [0, 0.05) is 11.5 Å². The van der Waals surface area contributed by atoms with Gasteiger partial charge in [-0.2, -0.15) is 0 Å². The van der Waals surface area contributed by atoms with E-state index in [9.17, 15) is 13.0 Å². The summed E-state index contributed by atoms with van der Waals surface area (Å²) >= 11 is 0. The summed E-state index contributed by atoms with van der Waals surface area (Å²) in [6.07, 6.45) is 2.70. The van der Waals surface area contributed by atoms with E-state index < -0.39 is 10.4 Å². The zero-order chi connectivity index (χ0) is 64.0. The minimum atomic E-state index is -4.69. The van der Waals surface area contributed by atoms with Gasteiger partial charge in [-0.25, -0.2) is 8.42 Å². The molecular weight excluding hydrogens is 1190 g/mol. The smallest absolute Gasteiger partial charge is 0.217 e. The van der Waals surface area contributed by atoms with Crippen molar-refractivity contribution in [2.45, 2.75) is 44.8 Å². The Balaban J connectivity index is 0.00000369. The maximum Gasteiger partial charge on any atom is 0.217 e. The van der Waals surface area contributed by atoms with Gasteiger partial charge in [-0.1, -0.05) is 112 Å². The first-order valence-electron chi connectivity index (χ1n) is 30.7. The van der Waals surface area contributed by atoms with Crippen LogP contribution in [0.2, 0.25) is 0 Å². The first-order valence-corrected chi connectivity index (χ1v) is 32.1. The van der Waals surface area contributed by atoms with Crippen molar-refractivity contribution in [3.05, 3.63) is 127 Å². The van der Waals surface area contributed by atoms with Gasteiger partial charge in [0.25, 0.3) is 0 Å². The standard InChI is InChI=1S/C56H94O23S.C9H12.H3N/c1-4-15-74-47-53(49-77-54(48-75-16-5-2)50-78-56-14-10-9-13-55(56)51(3)52-11-7-6-8-12-52)76-45-43-72-41-39-70-37-35-68-33-31-66-29-27-64-25-23-62-21-19-60-17-18-61-20-22-63-24-26-65-28-30-67-32-34-69-36-38-71-40-42-73-44-46-79-80(57,58)59;1-8(2)9-6-4-3-5-7-9;/h4-14,51,53-54H,1-2,15-50H2,3H3,(H,57,58,59);3-8H,1-2H3;1H3. The quantitative estimate of drug-likeness (QED) is 0.0251. The Labute approximate surface area is 537 Å². The molecule has 24 nitrogen and oxygen atoms in total. The van der Waals surface area contributed by atoms with Crippen LogP contribution in [0.4, 0.5) is 0 Å². The van der Waals surface area contributed by atoms with E-state index in [2.05, 4.69) is 80.6 Å². The number of benzene rings is 3. The Bertz CT molecular complexity index is 2120. The summed E-state index contributed by atoms with van der Waals surface area (Å²) in [5.74, 6) is 1.62. The SMILES string of the molecule is C=CCOCC(COc1ccccc1C(C)c1ccccc1)OCC(COCC=C)OCCOCCOCCOCCOCCOCCOCCOCCOCCOCCOCCOCCOCCOCCOCCOS(=O)(=O)[O-].CC(C)c1ccccc1.[NH4+]. The molecule has 518 valence electrons. The van der Waals surface area contributed by atoms with Crippen LogP contribution in [0.15, 0.2) is 110 Å². The zero-order valence-electron chi connectivity index (χ0n) is 54.2.